The summed E-state index contributed by atoms with van der Waals surface area (Å²) in [4.78, 5) is 26.0. The van der Waals surface area contributed by atoms with Crippen molar-refractivity contribution >= 4 is 34.8 Å². The average Bonchev–Trinajstić information content (AvgIpc) is 2.61. The molecule has 0 unspecified atom stereocenters. The molecule has 0 aliphatic rings. The summed E-state index contributed by atoms with van der Waals surface area (Å²) in [5.74, 6) is -0.350. The third kappa shape index (κ3) is 4.46. The van der Waals surface area contributed by atoms with E-state index in [1.807, 2.05) is 30.3 Å². The number of para-hydroxylation sites is 1. The largest absolute Gasteiger partial charge is 0.325 e. The van der Waals surface area contributed by atoms with E-state index in [1.54, 1.807) is 36.2 Å². The van der Waals surface area contributed by atoms with Gasteiger partial charge in [0.05, 0.1) is 10.7 Å². The number of amides is 2. The Labute approximate surface area is 146 Å². The van der Waals surface area contributed by atoms with Crippen LogP contribution in [-0.4, -0.2) is 18.9 Å². The fraction of sp³-hybridized carbons (Fsp3) is 0.158. The van der Waals surface area contributed by atoms with Crippen LogP contribution in [0.5, 0.6) is 0 Å². The quantitative estimate of drug-likeness (QED) is 0.784. The predicted molar refractivity (Wildman–Crippen MR) is 98.7 cm³/mol. The summed E-state index contributed by atoms with van der Waals surface area (Å²) in [6.45, 7) is 3.59. The molecule has 0 aliphatic heterocycles. The van der Waals surface area contributed by atoms with Crippen molar-refractivity contribution in [1.82, 2.24) is 0 Å². The Hall–Kier alpha value is -2.59. The van der Waals surface area contributed by atoms with Gasteiger partial charge in [0.2, 0.25) is 5.91 Å². The normalized spacial score (nSPS) is 10.1. The molecule has 0 aromatic heterocycles. The highest BCUT2D eigenvalue weighted by atomic mass is 35.5. The second-order valence-corrected chi connectivity index (χ2v) is 5.68. The van der Waals surface area contributed by atoms with Crippen LogP contribution >= 0.6 is 11.6 Å². The van der Waals surface area contributed by atoms with Gasteiger partial charge in [0.1, 0.15) is 0 Å². The molecule has 0 saturated heterocycles. The highest BCUT2D eigenvalue weighted by Gasteiger charge is 2.15. The molecule has 2 aromatic rings. The summed E-state index contributed by atoms with van der Waals surface area (Å²) in [7, 11) is 1.70. The maximum absolute atomic E-state index is 12.6. The topological polar surface area (TPSA) is 49.4 Å². The zero-order valence-corrected chi connectivity index (χ0v) is 14.2. The SMILES string of the molecule is C=CCCC(=O)Nc1cc(C(=O)N(C)c2ccccc2)ccc1Cl. The van der Waals surface area contributed by atoms with Crippen LogP contribution in [0.2, 0.25) is 5.02 Å². The summed E-state index contributed by atoms with van der Waals surface area (Å²) >= 11 is 6.12. The van der Waals surface area contributed by atoms with E-state index in [0.29, 0.717) is 29.1 Å². The van der Waals surface area contributed by atoms with Gasteiger partial charge in [-0.2, -0.15) is 0 Å². The summed E-state index contributed by atoms with van der Waals surface area (Å²) in [6, 6.07) is 14.2. The number of anilines is 2. The van der Waals surface area contributed by atoms with E-state index >= 15 is 0 Å². The van der Waals surface area contributed by atoms with Gasteiger partial charge in [0.15, 0.2) is 0 Å². The van der Waals surface area contributed by atoms with Crippen LogP contribution in [-0.2, 0) is 4.79 Å². The van der Waals surface area contributed by atoms with Gasteiger partial charge in [-0.3, -0.25) is 9.59 Å². The first kappa shape index (κ1) is 17.8. The lowest BCUT2D eigenvalue weighted by atomic mass is 10.1. The smallest absolute Gasteiger partial charge is 0.258 e. The second kappa shape index (κ2) is 8.31. The van der Waals surface area contributed by atoms with Gasteiger partial charge in [-0.1, -0.05) is 35.9 Å². The lowest BCUT2D eigenvalue weighted by Crippen LogP contribution is -2.26. The zero-order chi connectivity index (χ0) is 17.5. The van der Waals surface area contributed by atoms with Gasteiger partial charge in [-0.15, -0.1) is 6.58 Å². The van der Waals surface area contributed by atoms with Crippen molar-refractivity contribution in [2.24, 2.45) is 0 Å². The van der Waals surface area contributed by atoms with E-state index in [-0.39, 0.29) is 11.8 Å². The van der Waals surface area contributed by atoms with E-state index < -0.39 is 0 Å². The Morgan fingerprint density at radius 2 is 1.92 bits per heavy atom. The predicted octanol–water partition coefficient (Wildman–Crippen LogP) is 4.52. The molecule has 5 heteroatoms. The highest BCUT2D eigenvalue weighted by Crippen LogP contribution is 2.25. The molecule has 0 heterocycles. The number of hydrogen-bond acceptors (Lipinski definition) is 2. The Bertz CT molecular complexity index is 744. The number of nitrogens with one attached hydrogen (secondary N) is 1. The highest BCUT2D eigenvalue weighted by molar-refractivity contribution is 6.34. The lowest BCUT2D eigenvalue weighted by molar-refractivity contribution is -0.116. The molecule has 0 spiro atoms. The van der Waals surface area contributed by atoms with Crippen LogP contribution < -0.4 is 10.2 Å². The van der Waals surface area contributed by atoms with Crippen LogP contribution in [0.3, 0.4) is 0 Å². The van der Waals surface area contributed by atoms with Crippen molar-refractivity contribution < 1.29 is 9.59 Å². The van der Waals surface area contributed by atoms with Crippen LogP contribution in [0.25, 0.3) is 0 Å². The van der Waals surface area contributed by atoms with Crippen molar-refractivity contribution in [2.75, 3.05) is 17.3 Å². The first-order valence-electron chi connectivity index (χ1n) is 7.56. The molecule has 2 aromatic carbocycles. The summed E-state index contributed by atoms with van der Waals surface area (Å²) in [5.41, 5.74) is 1.66. The molecular weight excluding hydrogens is 324 g/mol. The Kier molecular flexibility index (Phi) is 6.15. The van der Waals surface area contributed by atoms with Crippen molar-refractivity contribution in [3.8, 4) is 0 Å². The molecule has 2 amide bonds. The number of benzene rings is 2. The third-order valence-electron chi connectivity index (χ3n) is 3.51. The molecule has 124 valence electrons. The monoisotopic (exact) mass is 342 g/mol. The third-order valence-corrected chi connectivity index (χ3v) is 3.84. The number of hydrogen-bond donors (Lipinski definition) is 1. The molecule has 24 heavy (non-hydrogen) atoms. The minimum atomic E-state index is -0.181. The van der Waals surface area contributed by atoms with E-state index in [9.17, 15) is 9.59 Å². The number of halogens is 1. The van der Waals surface area contributed by atoms with E-state index in [2.05, 4.69) is 11.9 Å². The standard InChI is InChI=1S/C19H19ClN2O2/c1-3-4-10-18(23)21-17-13-14(11-12-16(17)20)19(24)22(2)15-8-6-5-7-9-15/h3,5-9,11-13H,1,4,10H2,2H3,(H,21,23). The van der Waals surface area contributed by atoms with Gasteiger partial charge in [0, 0.05) is 24.7 Å². The maximum Gasteiger partial charge on any atom is 0.258 e. The second-order valence-electron chi connectivity index (χ2n) is 5.27. The summed E-state index contributed by atoms with van der Waals surface area (Å²) in [6.07, 6.45) is 2.58. The zero-order valence-electron chi connectivity index (χ0n) is 13.5. The van der Waals surface area contributed by atoms with Gasteiger partial charge in [-0.25, -0.2) is 0 Å². The molecule has 1 N–H and O–H groups in total. The average molecular weight is 343 g/mol. The van der Waals surface area contributed by atoms with Crippen LogP contribution in [0.1, 0.15) is 23.2 Å². The van der Waals surface area contributed by atoms with Gasteiger partial charge >= 0.3 is 0 Å². The fourth-order valence-electron chi connectivity index (χ4n) is 2.16. The lowest BCUT2D eigenvalue weighted by Gasteiger charge is -2.18. The Morgan fingerprint density at radius 3 is 2.58 bits per heavy atom. The molecule has 0 fully saturated rings. The van der Waals surface area contributed by atoms with Crippen molar-refractivity contribution in [3.63, 3.8) is 0 Å². The minimum Gasteiger partial charge on any atom is -0.325 e. The van der Waals surface area contributed by atoms with Crippen LogP contribution in [0.4, 0.5) is 11.4 Å². The summed E-state index contributed by atoms with van der Waals surface area (Å²) in [5, 5.41) is 3.12. The first-order chi connectivity index (χ1) is 11.5. The molecule has 0 bridgehead atoms. The van der Waals surface area contributed by atoms with Crippen molar-refractivity contribution in [1.29, 1.82) is 0 Å². The van der Waals surface area contributed by atoms with Crippen molar-refractivity contribution in [3.05, 3.63) is 71.8 Å². The van der Waals surface area contributed by atoms with E-state index in [4.69, 9.17) is 11.6 Å². The van der Waals surface area contributed by atoms with E-state index in [1.165, 1.54) is 0 Å². The molecule has 2 rings (SSSR count). The molecule has 4 nitrogen and oxygen atoms in total. The van der Waals surface area contributed by atoms with Gasteiger partial charge in [0.25, 0.3) is 5.91 Å². The molecule has 0 radical (unpaired) electrons. The molecule has 0 aliphatic carbocycles. The van der Waals surface area contributed by atoms with Crippen LogP contribution in [0.15, 0.2) is 61.2 Å². The Balaban J connectivity index is 2.19. The molecule has 0 atom stereocenters. The number of nitrogens with zero attached hydrogens (tertiary/aromatic N) is 1. The van der Waals surface area contributed by atoms with Gasteiger partial charge in [-0.05, 0) is 36.8 Å². The number of allylic oxidation sites excluding steroid dienone is 1. The maximum atomic E-state index is 12.6. The fourth-order valence-corrected chi connectivity index (χ4v) is 2.33. The summed E-state index contributed by atoms with van der Waals surface area (Å²) < 4.78 is 0. The first-order valence-corrected chi connectivity index (χ1v) is 7.94. The molecular formula is C19H19ClN2O2. The number of carbonyl (C=O) groups is 2. The minimum absolute atomic E-state index is 0.169. The van der Waals surface area contributed by atoms with E-state index in [0.717, 1.165) is 5.69 Å². The van der Waals surface area contributed by atoms with Gasteiger partial charge < -0.3 is 10.2 Å². The van der Waals surface area contributed by atoms with Crippen LogP contribution in [0, 0.1) is 0 Å². The number of carbonyl (C=O) groups excluding carboxylic acids is 2. The molecule has 0 saturated carbocycles. The number of rotatable bonds is 6. The van der Waals surface area contributed by atoms with Crippen molar-refractivity contribution in [2.45, 2.75) is 12.8 Å². The Morgan fingerprint density at radius 1 is 1.21 bits per heavy atom.